The van der Waals surface area contributed by atoms with Gasteiger partial charge in [0, 0.05) is 11.3 Å². The lowest BCUT2D eigenvalue weighted by atomic mass is 10.1. The van der Waals surface area contributed by atoms with Gasteiger partial charge in [-0.25, -0.2) is 0 Å². The van der Waals surface area contributed by atoms with E-state index < -0.39 is 0 Å². The minimum Gasteiger partial charge on any atom is -0.341 e. The van der Waals surface area contributed by atoms with E-state index in [9.17, 15) is 9.59 Å². The summed E-state index contributed by atoms with van der Waals surface area (Å²) in [7, 11) is 0. The molecule has 0 bridgehead atoms. The van der Waals surface area contributed by atoms with Crippen molar-refractivity contribution >= 4 is 22.8 Å². The molecule has 90 valence electrons. The lowest BCUT2D eigenvalue weighted by Crippen LogP contribution is -2.37. The normalized spacial score (nSPS) is 19.4. The van der Waals surface area contributed by atoms with E-state index in [-0.39, 0.29) is 17.1 Å². The van der Waals surface area contributed by atoms with Crippen molar-refractivity contribution in [2.45, 2.75) is 26.3 Å². The maximum atomic E-state index is 11.9. The zero-order valence-corrected chi connectivity index (χ0v) is 10.8. The maximum Gasteiger partial charge on any atom is 0.251 e. The number of hydrogen-bond donors (Lipinski definition) is 1. The molecule has 1 fully saturated rings. The Kier molecular flexibility index (Phi) is 3.52. The molecular formula is C13H15NO2S. The number of rotatable bonds is 2. The summed E-state index contributed by atoms with van der Waals surface area (Å²) in [5.41, 5.74) is 2.87. The summed E-state index contributed by atoms with van der Waals surface area (Å²) < 4.78 is 0. The van der Waals surface area contributed by atoms with Crippen molar-refractivity contribution in [2.75, 3.05) is 5.75 Å². The number of aryl methyl sites for hydroxylation is 2. The van der Waals surface area contributed by atoms with Crippen LogP contribution in [0.25, 0.3) is 0 Å². The van der Waals surface area contributed by atoms with Gasteiger partial charge in [0.15, 0.2) is 0 Å². The fourth-order valence-corrected chi connectivity index (χ4v) is 2.68. The Morgan fingerprint density at radius 2 is 2.12 bits per heavy atom. The highest BCUT2D eigenvalue weighted by atomic mass is 32.2. The molecule has 2 rings (SSSR count). The molecule has 0 saturated carbocycles. The van der Waals surface area contributed by atoms with Crippen LogP contribution in [0.3, 0.4) is 0 Å². The smallest absolute Gasteiger partial charge is 0.251 e. The summed E-state index contributed by atoms with van der Waals surface area (Å²) in [6.07, 6.45) is 0.736. The number of carbonyl (C=O) groups is 2. The number of hydrogen-bond acceptors (Lipinski definition) is 3. The topological polar surface area (TPSA) is 46.2 Å². The van der Waals surface area contributed by atoms with E-state index in [1.54, 1.807) is 6.07 Å². The van der Waals surface area contributed by atoms with Crippen LogP contribution in [0.2, 0.25) is 0 Å². The molecule has 0 spiro atoms. The molecule has 17 heavy (non-hydrogen) atoms. The molecule has 1 N–H and O–H groups in total. The van der Waals surface area contributed by atoms with E-state index in [2.05, 4.69) is 5.32 Å². The Labute approximate surface area is 105 Å². The highest BCUT2D eigenvalue weighted by Gasteiger charge is 2.26. The molecule has 3 nitrogen and oxygen atoms in total. The van der Waals surface area contributed by atoms with Gasteiger partial charge in [-0.15, -0.1) is 0 Å². The van der Waals surface area contributed by atoms with Gasteiger partial charge in [0.1, 0.15) is 0 Å². The van der Waals surface area contributed by atoms with Crippen molar-refractivity contribution in [2.24, 2.45) is 0 Å². The van der Waals surface area contributed by atoms with Gasteiger partial charge in [-0.1, -0.05) is 17.8 Å². The summed E-state index contributed by atoms with van der Waals surface area (Å²) in [5.74, 6) is 0.644. The van der Waals surface area contributed by atoms with E-state index >= 15 is 0 Å². The molecule has 1 amide bonds. The predicted octanol–water partition coefficient (Wildman–Crippen LogP) is 2.07. The Hall–Kier alpha value is -1.29. The molecule has 1 heterocycles. The molecule has 1 atom stereocenters. The molecule has 1 aromatic rings. The molecule has 0 radical (unpaired) electrons. The Balaban J connectivity index is 2.09. The third-order valence-electron chi connectivity index (χ3n) is 3.01. The summed E-state index contributed by atoms with van der Waals surface area (Å²) in [4.78, 5) is 23.3. The average Bonchev–Trinajstić information content (AvgIpc) is 2.68. The van der Waals surface area contributed by atoms with E-state index in [1.165, 1.54) is 11.8 Å². The fraction of sp³-hybridized carbons (Fsp3) is 0.385. The number of amides is 1. The largest absolute Gasteiger partial charge is 0.341 e. The summed E-state index contributed by atoms with van der Waals surface area (Å²) >= 11 is 1.29. The van der Waals surface area contributed by atoms with Crippen LogP contribution in [0.5, 0.6) is 0 Å². The Bertz CT molecular complexity index is 470. The number of thioether (sulfide) groups is 1. The van der Waals surface area contributed by atoms with Crippen LogP contribution in [0.15, 0.2) is 18.2 Å². The summed E-state index contributed by atoms with van der Waals surface area (Å²) in [6.45, 7) is 3.98. The second-order valence-corrected chi connectivity index (χ2v) is 5.38. The molecule has 0 unspecified atom stereocenters. The summed E-state index contributed by atoms with van der Waals surface area (Å²) in [5, 5.41) is 2.85. The average molecular weight is 249 g/mol. The number of nitrogens with one attached hydrogen (secondary N) is 1. The van der Waals surface area contributed by atoms with Gasteiger partial charge < -0.3 is 5.32 Å². The molecule has 1 saturated heterocycles. The number of carbonyl (C=O) groups excluding carboxylic acids is 2. The van der Waals surface area contributed by atoms with Crippen molar-refractivity contribution in [1.82, 2.24) is 5.32 Å². The lowest BCUT2D eigenvalue weighted by Gasteiger charge is -2.11. The van der Waals surface area contributed by atoms with Crippen molar-refractivity contribution in [3.05, 3.63) is 34.9 Å². The molecule has 4 heteroatoms. The van der Waals surface area contributed by atoms with E-state index in [4.69, 9.17) is 0 Å². The van der Waals surface area contributed by atoms with E-state index in [1.807, 2.05) is 26.0 Å². The monoisotopic (exact) mass is 249 g/mol. The van der Waals surface area contributed by atoms with Crippen molar-refractivity contribution < 1.29 is 9.59 Å². The van der Waals surface area contributed by atoms with Gasteiger partial charge in [0.2, 0.25) is 5.12 Å². The van der Waals surface area contributed by atoms with Gasteiger partial charge in [-0.3, -0.25) is 9.59 Å². The summed E-state index contributed by atoms with van der Waals surface area (Å²) in [6, 6.07) is 5.27. The van der Waals surface area contributed by atoms with Gasteiger partial charge in [-0.2, -0.15) is 0 Å². The van der Waals surface area contributed by atoms with E-state index in [0.29, 0.717) is 5.56 Å². The molecular weight excluding hydrogens is 234 g/mol. The maximum absolute atomic E-state index is 11.9. The first-order valence-corrected chi connectivity index (χ1v) is 6.61. The van der Waals surface area contributed by atoms with Gasteiger partial charge in [0.05, 0.1) is 6.04 Å². The third kappa shape index (κ3) is 2.69. The van der Waals surface area contributed by atoms with Crippen LogP contribution < -0.4 is 5.32 Å². The standard InChI is InChI=1S/C13H15NO2S/c1-8-3-4-10(7-9(8)2)12(15)14-11-5-6-17-13(11)16/h3-4,7,11H,5-6H2,1-2H3,(H,14,15)/t11-/m1/s1. The quantitative estimate of drug-likeness (QED) is 0.872. The predicted molar refractivity (Wildman–Crippen MR) is 69.3 cm³/mol. The first kappa shape index (κ1) is 12.2. The minimum atomic E-state index is -0.311. The van der Waals surface area contributed by atoms with E-state index in [0.717, 1.165) is 23.3 Å². The zero-order valence-electron chi connectivity index (χ0n) is 9.95. The third-order valence-corrected chi connectivity index (χ3v) is 4.02. The first-order valence-electron chi connectivity index (χ1n) is 5.62. The second kappa shape index (κ2) is 4.92. The molecule has 0 aromatic heterocycles. The molecule has 0 aliphatic carbocycles. The van der Waals surface area contributed by atoms with Crippen LogP contribution in [0, 0.1) is 13.8 Å². The van der Waals surface area contributed by atoms with Crippen LogP contribution in [-0.2, 0) is 4.79 Å². The van der Waals surface area contributed by atoms with Crippen molar-refractivity contribution in [1.29, 1.82) is 0 Å². The van der Waals surface area contributed by atoms with Crippen molar-refractivity contribution in [3.63, 3.8) is 0 Å². The second-order valence-electron chi connectivity index (χ2n) is 4.28. The highest BCUT2D eigenvalue weighted by molar-refractivity contribution is 8.14. The van der Waals surface area contributed by atoms with Crippen molar-refractivity contribution in [3.8, 4) is 0 Å². The molecule has 1 aliphatic heterocycles. The Morgan fingerprint density at radius 3 is 2.71 bits per heavy atom. The van der Waals surface area contributed by atoms with Gasteiger partial charge in [0.25, 0.3) is 5.91 Å². The number of benzene rings is 1. The Morgan fingerprint density at radius 1 is 1.35 bits per heavy atom. The SMILES string of the molecule is Cc1ccc(C(=O)N[C@@H]2CCSC2=O)cc1C. The van der Waals surface area contributed by atoms with Crippen LogP contribution in [-0.4, -0.2) is 22.8 Å². The zero-order chi connectivity index (χ0) is 12.4. The van der Waals surface area contributed by atoms with Gasteiger partial charge >= 0.3 is 0 Å². The highest BCUT2D eigenvalue weighted by Crippen LogP contribution is 2.20. The fourth-order valence-electron chi connectivity index (χ4n) is 1.75. The molecule has 1 aromatic carbocycles. The minimum absolute atomic E-state index is 0.0715. The van der Waals surface area contributed by atoms with Crippen LogP contribution in [0.4, 0.5) is 0 Å². The molecule has 1 aliphatic rings. The first-order chi connectivity index (χ1) is 8.08. The lowest BCUT2D eigenvalue weighted by molar-refractivity contribution is -0.112. The van der Waals surface area contributed by atoms with Gasteiger partial charge in [-0.05, 0) is 43.5 Å². The van der Waals surface area contributed by atoms with Crippen LogP contribution in [0.1, 0.15) is 27.9 Å². The van der Waals surface area contributed by atoms with Crippen LogP contribution >= 0.6 is 11.8 Å².